The lowest BCUT2D eigenvalue weighted by Crippen LogP contribution is -2.74. The Labute approximate surface area is 229 Å². The van der Waals surface area contributed by atoms with Crippen LogP contribution in [0.1, 0.15) is 42.1 Å². The van der Waals surface area contributed by atoms with Gasteiger partial charge < -0.3 is 39.5 Å². The second-order valence-electron chi connectivity index (χ2n) is 10.9. The van der Waals surface area contributed by atoms with Gasteiger partial charge in [-0.3, -0.25) is 4.79 Å². The molecule has 2 heterocycles. The van der Waals surface area contributed by atoms with Crippen LogP contribution in [-0.4, -0.2) is 80.7 Å². The summed E-state index contributed by atoms with van der Waals surface area (Å²) in [4.78, 5) is 39.1. The summed E-state index contributed by atoms with van der Waals surface area (Å²) in [6.45, 7) is 0.642. The minimum atomic E-state index is -1.94. The molecule has 1 fully saturated rings. The van der Waals surface area contributed by atoms with Gasteiger partial charge in [-0.05, 0) is 44.1 Å². The van der Waals surface area contributed by atoms with Gasteiger partial charge in [-0.15, -0.1) is 0 Å². The van der Waals surface area contributed by atoms with E-state index in [4.69, 9.17) is 14.2 Å². The number of carboxylic acid groups (broad SMARTS) is 1. The van der Waals surface area contributed by atoms with E-state index in [1.54, 1.807) is 30.3 Å². The number of esters is 2. The lowest BCUT2D eigenvalue weighted by atomic mass is 9.50. The average molecular weight is 552 g/mol. The van der Waals surface area contributed by atoms with E-state index < -0.39 is 53.7 Å². The van der Waals surface area contributed by atoms with E-state index in [1.165, 1.54) is 12.1 Å². The molecule has 6 atom stereocenters. The number of nitrogens with zero attached hydrogens (tertiary/aromatic N) is 1. The fourth-order valence-electron chi connectivity index (χ4n) is 6.93. The van der Waals surface area contributed by atoms with Gasteiger partial charge in [-0.25, -0.2) is 9.59 Å². The molecule has 6 rings (SSSR count). The van der Waals surface area contributed by atoms with Crippen molar-refractivity contribution in [2.24, 2.45) is 0 Å². The number of aliphatic carboxylic acids is 1. The monoisotopic (exact) mass is 551 g/mol. The molecule has 2 bridgehead atoms. The summed E-state index contributed by atoms with van der Waals surface area (Å²) in [5.41, 5.74) is -0.346. The SMILES string of the molecule is CN1CC[C@]23c4c5ccc(O)c4O[C@H]2C(OC(=O)[C@@H](O)CC(=O)O[C@H](C(=O)O)c2ccccc2)=CC[C@@]3(O)[C@@H]1C5. The van der Waals surface area contributed by atoms with Gasteiger partial charge in [0.05, 0.1) is 17.4 Å². The number of carbonyl (C=O) groups is 3. The number of piperidine rings is 1. The summed E-state index contributed by atoms with van der Waals surface area (Å²) in [5.74, 6) is -3.42. The third-order valence-electron chi connectivity index (χ3n) is 8.78. The van der Waals surface area contributed by atoms with Gasteiger partial charge in [0.25, 0.3) is 0 Å². The first-order valence-corrected chi connectivity index (χ1v) is 13.1. The highest BCUT2D eigenvalue weighted by atomic mass is 16.6. The van der Waals surface area contributed by atoms with Crippen LogP contribution in [0.25, 0.3) is 0 Å². The fraction of sp³-hybridized carbons (Fsp3) is 0.414. The van der Waals surface area contributed by atoms with E-state index in [1.807, 2.05) is 13.1 Å². The Morgan fingerprint density at radius 1 is 1.18 bits per heavy atom. The second kappa shape index (κ2) is 9.33. The van der Waals surface area contributed by atoms with Gasteiger partial charge in [0, 0.05) is 23.6 Å². The van der Waals surface area contributed by atoms with E-state index in [-0.39, 0.29) is 35.3 Å². The van der Waals surface area contributed by atoms with Crippen molar-refractivity contribution in [3.63, 3.8) is 0 Å². The van der Waals surface area contributed by atoms with Crippen molar-refractivity contribution >= 4 is 17.9 Å². The molecule has 4 N–H and O–H groups in total. The van der Waals surface area contributed by atoms with Gasteiger partial charge in [0.2, 0.25) is 6.10 Å². The van der Waals surface area contributed by atoms with Crippen molar-refractivity contribution < 1.29 is 49.0 Å². The van der Waals surface area contributed by atoms with Crippen LogP contribution < -0.4 is 4.74 Å². The van der Waals surface area contributed by atoms with Crippen LogP contribution >= 0.6 is 0 Å². The zero-order valence-corrected chi connectivity index (χ0v) is 21.6. The number of likely N-dealkylation sites (tertiary alicyclic amines) is 1. The number of aliphatic hydroxyl groups excluding tert-OH is 1. The average Bonchev–Trinajstić information content (AvgIpc) is 3.29. The van der Waals surface area contributed by atoms with Gasteiger partial charge in [-0.2, -0.15) is 0 Å². The quantitative estimate of drug-likeness (QED) is 0.367. The number of hydrogen-bond donors (Lipinski definition) is 4. The summed E-state index contributed by atoms with van der Waals surface area (Å²) in [6, 6.07) is 11.0. The fourth-order valence-corrected chi connectivity index (χ4v) is 6.93. The number of phenols is 1. The first kappa shape index (κ1) is 26.3. The van der Waals surface area contributed by atoms with Crippen molar-refractivity contribution in [3.8, 4) is 11.5 Å². The number of carbonyl (C=O) groups excluding carboxylic acids is 2. The van der Waals surface area contributed by atoms with Crippen molar-refractivity contribution in [2.45, 2.75) is 61.1 Å². The number of benzene rings is 2. The molecule has 11 nitrogen and oxygen atoms in total. The molecule has 1 saturated heterocycles. The zero-order valence-electron chi connectivity index (χ0n) is 21.6. The number of rotatable bonds is 7. The van der Waals surface area contributed by atoms with E-state index in [0.717, 1.165) is 11.1 Å². The molecule has 0 radical (unpaired) electrons. The number of hydrogen-bond acceptors (Lipinski definition) is 10. The molecular formula is C29H29NO10. The van der Waals surface area contributed by atoms with Crippen LogP contribution in [0.5, 0.6) is 11.5 Å². The highest BCUT2D eigenvalue weighted by molar-refractivity contribution is 5.84. The van der Waals surface area contributed by atoms with E-state index in [2.05, 4.69) is 4.90 Å². The van der Waals surface area contributed by atoms with Crippen LogP contribution in [0, 0.1) is 0 Å². The number of carboxylic acids is 1. The van der Waals surface area contributed by atoms with Crippen LogP contribution in [0.2, 0.25) is 0 Å². The largest absolute Gasteiger partial charge is 0.504 e. The van der Waals surface area contributed by atoms with Crippen LogP contribution in [0.15, 0.2) is 54.3 Å². The molecule has 40 heavy (non-hydrogen) atoms. The molecule has 0 amide bonds. The Morgan fingerprint density at radius 2 is 1.93 bits per heavy atom. The summed E-state index contributed by atoms with van der Waals surface area (Å²) < 4.78 is 16.8. The predicted octanol–water partition coefficient (Wildman–Crippen LogP) is 1.33. The molecule has 0 saturated carbocycles. The first-order chi connectivity index (χ1) is 19.1. The molecule has 0 unspecified atom stereocenters. The Balaban J connectivity index is 1.22. The minimum Gasteiger partial charge on any atom is -0.504 e. The number of aliphatic hydroxyl groups is 2. The number of phenolic OH excluding ortho intramolecular Hbond substituents is 1. The Hall–Kier alpha value is -3.93. The normalized spacial score (nSPS) is 29.3. The van der Waals surface area contributed by atoms with Crippen molar-refractivity contribution in [2.75, 3.05) is 13.6 Å². The Bertz CT molecular complexity index is 1420. The topological polar surface area (TPSA) is 163 Å². The molecule has 210 valence electrons. The van der Waals surface area contributed by atoms with Crippen molar-refractivity contribution in [1.82, 2.24) is 4.90 Å². The third kappa shape index (κ3) is 3.72. The maximum Gasteiger partial charge on any atom is 0.349 e. The zero-order chi connectivity index (χ0) is 28.4. The van der Waals surface area contributed by atoms with Gasteiger partial charge in [0.1, 0.15) is 5.76 Å². The molecule has 2 aromatic carbocycles. The highest BCUT2D eigenvalue weighted by Crippen LogP contribution is 2.65. The highest BCUT2D eigenvalue weighted by Gasteiger charge is 2.72. The molecule has 0 aromatic heterocycles. The minimum absolute atomic E-state index is 0.0709. The Kier molecular flexibility index (Phi) is 6.13. The molecule has 11 heteroatoms. The number of ether oxygens (including phenoxy) is 3. The molecule has 2 aliphatic carbocycles. The van der Waals surface area contributed by atoms with Crippen LogP contribution in [0.3, 0.4) is 0 Å². The van der Waals surface area contributed by atoms with Crippen molar-refractivity contribution in [3.05, 3.63) is 71.0 Å². The lowest BCUT2D eigenvalue weighted by molar-refractivity contribution is -0.174. The Morgan fingerprint density at radius 3 is 2.65 bits per heavy atom. The summed E-state index contributed by atoms with van der Waals surface area (Å²) in [5, 5.41) is 42.7. The maximum absolute atomic E-state index is 12.9. The first-order valence-electron chi connectivity index (χ1n) is 13.1. The van der Waals surface area contributed by atoms with Crippen molar-refractivity contribution in [1.29, 1.82) is 0 Å². The van der Waals surface area contributed by atoms with Gasteiger partial charge >= 0.3 is 17.9 Å². The molecule has 1 spiro atoms. The second-order valence-corrected chi connectivity index (χ2v) is 10.9. The smallest absolute Gasteiger partial charge is 0.349 e. The summed E-state index contributed by atoms with van der Waals surface area (Å²) in [7, 11) is 1.95. The molecule has 4 aliphatic rings. The third-order valence-corrected chi connectivity index (χ3v) is 8.78. The lowest BCUT2D eigenvalue weighted by Gasteiger charge is -2.61. The van der Waals surface area contributed by atoms with Gasteiger partial charge in [-0.1, -0.05) is 36.4 Å². The van der Waals surface area contributed by atoms with E-state index >= 15 is 0 Å². The maximum atomic E-state index is 12.9. The summed E-state index contributed by atoms with van der Waals surface area (Å²) >= 11 is 0. The molecular weight excluding hydrogens is 522 g/mol. The summed E-state index contributed by atoms with van der Waals surface area (Å²) in [6.07, 6.45) is -2.58. The number of aromatic hydroxyl groups is 1. The predicted molar refractivity (Wildman–Crippen MR) is 136 cm³/mol. The molecule has 2 aromatic rings. The number of likely N-dealkylation sites (N-methyl/N-ethyl adjacent to an activating group) is 1. The molecule has 2 aliphatic heterocycles. The van der Waals surface area contributed by atoms with Crippen LogP contribution in [-0.2, 0) is 35.7 Å². The van der Waals surface area contributed by atoms with Gasteiger partial charge in [0.15, 0.2) is 23.7 Å². The standard InChI is InChI=1S/C29H29NO10/c1-30-12-11-28-22-16-7-8-17(31)24(22)40-25(28)19(9-10-29(28,37)20(30)13-16)38-27(36)18(32)14-21(33)39-23(26(34)35)15-5-3-2-4-6-15/h2-9,18,20,23,25,31-32,37H,10-14H2,1H3,(H,34,35)/t18-,20-,23-,25-,28-,29+/m0/s1. The van der Waals surface area contributed by atoms with Crippen LogP contribution in [0.4, 0.5) is 0 Å². The van der Waals surface area contributed by atoms with E-state index in [9.17, 15) is 34.8 Å². The van der Waals surface area contributed by atoms with E-state index in [0.29, 0.717) is 19.4 Å².